The lowest BCUT2D eigenvalue weighted by Crippen LogP contribution is -2.30. The molecule has 12 heteroatoms. The highest BCUT2D eigenvalue weighted by atomic mass is 32.2. The third-order valence-electron chi connectivity index (χ3n) is 6.64. The first-order valence-electron chi connectivity index (χ1n) is 13.9. The van der Waals surface area contributed by atoms with Crippen molar-refractivity contribution in [2.24, 2.45) is 0 Å². The summed E-state index contributed by atoms with van der Waals surface area (Å²) in [6.45, 7) is 2.04. The highest BCUT2D eigenvalue weighted by Gasteiger charge is 2.22. The standard InChI is InChI=1S/C33H28N4O7S/c1-2-30(33(40)35-24-15-16-28-29(19-24)44-20-43-28)45-25-13-8-12-23(18-25)34-32(39)26(36-31(38)21-9-4-3-5-10-21)17-22-11-6-7-14-27(22)37(41)42/h3-19,30H,2,20H2,1H3,(H,34,39)(H,35,40)(H,36,38)/b26-17+. The maximum Gasteiger partial charge on any atom is 0.276 e. The fourth-order valence-electron chi connectivity index (χ4n) is 4.40. The van der Waals surface area contributed by atoms with Crippen molar-refractivity contribution in [3.8, 4) is 11.5 Å². The lowest BCUT2D eigenvalue weighted by atomic mass is 10.1. The first kappa shape index (κ1) is 30.8. The quantitative estimate of drug-likeness (QED) is 0.0768. The van der Waals surface area contributed by atoms with Gasteiger partial charge in [-0.15, -0.1) is 11.8 Å². The van der Waals surface area contributed by atoms with Crippen LogP contribution in [0.4, 0.5) is 17.1 Å². The van der Waals surface area contributed by atoms with Crippen LogP contribution in [0.1, 0.15) is 29.3 Å². The molecule has 4 aromatic carbocycles. The summed E-state index contributed by atoms with van der Waals surface area (Å²) in [5, 5.41) is 19.4. The molecule has 0 saturated heterocycles. The zero-order valence-electron chi connectivity index (χ0n) is 24.0. The number of nitrogens with zero attached hydrogens (tertiary/aromatic N) is 1. The van der Waals surface area contributed by atoms with Crippen molar-refractivity contribution in [1.29, 1.82) is 0 Å². The summed E-state index contributed by atoms with van der Waals surface area (Å²) in [4.78, 5) is 51.3. The van der Waals surface area contributed by atoms with Gasteiger partial charge in [-0.2, -0.15) is 0 Å². The van der Waals surface area contributed by atoms with E-state index in [-0.39, 0.29) is 29.6 Å². The highest BCUT2D eigenvalue weighted by Crippen LogP contribution is 2.35. The lowest BCUT2D eigenvalue weighted by Gasteiger charge is -2.16. The van der Waals surface area contributed by atoms with Crippen molar-refractivity contribution in [2.75, 3.05) is 17.4 Å². The van der Waals surface area contributed by atoms with Crippen LogP contribution in [0.3, 0.4) is 0 Å². The molecule has 0 bridgehead atoms. The van der Waals surface area contributed by atoms with Crippen LogP contribution in [0.25, 0.3) is 6.08 Å². The Balaban J connectivity index is 1.32. The normalized spacial score (nSPS) is 12.6. The van der Waals surface area contributed by atoms with Crippen LogP contribution in [0.5, 0.6) is 11.5 Å². The van der Waals surface area contributed by atoms with Gasteiger partial charge in [-0.25, -0.2) is 0 Å². The van der Waals surface area contributed by atoms with E-state index >= 15 is 0 Å². The molecule has 0 aliphatic carbocycles. The van der Waals surface area contributed by atoms with Gasteiger partial charge in [-0.05, 0) is 61.0 Å². The van der Waals surface area contributed by atoms with E-state index in [4.69, 9.17) is 9.47 Å². The smallest absolute Gasteiger partial charge is 0.276 e. The van der Waals surface area contributed by atoms with Crippen molar-refractivity contribution in [2.45, 2.75) is 23.5 Å². The molecule has 4 aromatic rings. The zero-order chi connectivity index (χ0) is 31.8. The van der Waals surface area contributed by atoms with Crippen molar-refractivity contribution in [1.82, 2.24) is 5.32 Å². The molecule has 1 heterocycles. The number of thioether (sulfide) groups is 1. The van der Waals surface area contributed by atoms with Gasteiger partial charge in [0.15, 0.2) is 11.5 Å². The Bertz CT molecular complexity index is 1780. The van der Waals surface area contributed by atoms with Gasteiger partial charge in [0.05, 0.1) is 15.7 Å². The van der Waals surface area contributed by atoms with Gasteiger partial charge in [0.25, 0.3) is 17.5 Å². The summed E-state index contributed by atoms with van der Waals surface area (Å²) in [6, 6.07) is 26.3. The van der Waals surface area contributed by atoms with E-state index in [2.05, 4.69) is 16.0 Å². The van der Waals surface area contributed by atoms with Gasteiger partial charge < -0.3 is 25.4 Å². The maximum absolute atomic E-state index is 13.5. The van der Waals surface area contributed by atoms with Crippen LogP contribution in [0.2, 0.25) is 0 Å². The molecule has 0 spiro atoms. The SMILES string of the molecule is CCC(Sc1cccc(NC(=O)/C(=C\c2ccccc2[N+](=O)[O-])NC(=O)c2ccccc2)c1)C(=O)Nc1ccc2c(c1)OCO2. The number of nitro benzene ring substituents is 1. The Labute approximate surface area is 262 Å². The molecule has 1 aliphatic rings. The number of nitrogens with one attached hydrogen (secondary N) is 3. The van der Waals surface area contributed by atoms with Gasteiger partial charge in [0.1, 0.15) is 5.70 Å². The van der Waals surface area contributed by atoms with E-state index in [9.17, 15) is 24.5 Å². The van der Waals surface area contributed by atoms with Crippen LogP contribution in [-0.4, -0.2) is 34.7 Å². The molecule has 11 nitrogen and oxygen atoms in total. The Morgan fingerprint density at radius 3 is 2.40 bits per heavy atom. The van der Waals surface area contributed by atoms with Crippen LogP contribution in [-0.2, 0) is 9.59 Å². The number of hydrogen-bond donors (Lipinski definition) is 3. The number of amides is 3. The Kier molecular flexibility index (Phi) is 9.75. The average molecular weight is 625 g/mol. The molecule has 3 N–H and O–H groups in total. The van der Waals surface area contributed by atoms with Crippen LogP contribution < -0.4 is 25.4 Å². The topological polar surface area (TPSA) is 149 Å². The number of hydrogen-bond acceptors (Lipinski definition) is 8. The summed E-state index contributed by atoms with van der Waals surface area (Å²) in [7, 11) is 0. The molecule has 228 valence electrons. The van der Waals surface area contributed by atoms with Crippen molar-refractivity contribution >= 4 is 52.6 Å². The number of rotatable bonds is 11. The molecule has 1 aliphatic heterocycles. The van der Waals surface area contributed by atoms with Crippen molar-refractivity contribution in [3.05, 3.63) is 124 Å². The summed E-state index contributed by atoms with van der Waals surface area (Å²) < 4.78 is 10.7. The van der Waals surface area contributed by atoms with E-state index in [0.29, 0.717) is 34.9 Å². The molecular formula is C33H28N4O7S. The van der Waals surface area contributed by atoms with Crippen LogP contribution in [0, 0.1) is 10.1 Å². The number of ether oxygens (including phenoxy) is 2. The number of benzene rings is 4. The van der Waals surface area contributed by atoms with Gasteiger partial charge in [0.2, 0.25) is 12.7 Å². The number of anilines is 2. The largest absolute Gasteiger partial charge is 0.454 e. The second kappa shape index (κ2) is 14.2. The predicted octanol–water partition coefficient (Wildman–Crippen LogP) is 6.24. The Morgan fingerprint density at radius 2 is 1.62 bits per heavy atom. The Hall–Kier alpha value is -5.62. The average Bonchev–Trinajstić information content (AvgIpc) is 3.52. The van der Waals surface area contributed by atoms with Gasteiger partial charge >= 0.3 is 0 Å². The van der Waals surface area contributed by atoms with E-state index in [1.165, 1.54) is 36.0 Å². The van der Waals surface area contributed by atoms with E-state index in [0.717, 1.165) is 4.90 Å². The monoisotopic (exact) mass is 624 g/mol. The van der Waals surface area contributed by atoms with Gasteiger partial charge in [0, 0.05) is 34.0 Å². The van der Waals surface area contributed by atoms with E-state index < -0.39 is 22.0 Å². The first-order chi connectivity index (χ1) is 21.8. The Morgan fingerprint density at radius 1 is 0.889 bits per heavy atom. The zero-order valence-corrected chi connectivity index (χ0v) is 24.8. The summed E-state index contributed by atoms with van der Waals surface area (Å²) in [6.07, 6.45) is 1.80. The minimum atomic E-state index is -0.688. The number of para-hydroxylation sites is 1. The summed E-state index contributed by atoms with van der Waals surface area (Å²) in [5.74, 6) is -0.263. The van der Waals surface area contributed by atoms with Gasteiger partial charge in [-0.3, -0.25) is 24.5 Å². The van der Waals surface area contributed by atoms with E-state index in [1.807, 2.05) is 13.0 Å². The molecule has 45 heavy (non-hydrogen) atoms. The lowest BCUT2D eigenvalue weighted by molar-refractivity contribution is -0.385. The van der Waals surface area contributed by atoms with Gasteiger partial charge in [-0.1, -0.05) is 43.3 Å². The fraction of sp³-hybridized carbons (Fsp3) is 0.121. The number of carbonyl (C=O) groups is 3. The molecule has 5 rings (SSSR count). The third kappa shape index (κ3) is 7.86. The van der Waals surface area contributed by atoms with Crippen molar-refractivity contribution < 1.29 is 28.8 Å². The van der Waals surface area contributed by atoms with Crippen molar-refractivity contribution in [3.63, 3.8) is 0 Å². The van der Waals surface area contributed by atoms with Crippen LogP contribution in [0.15, 0.2) is 108 Å². The highest BCUT2D eigenvalue weighted by molar-refractivity contribution is 8.00. The van der Waals surface area contributed by atoms with E-state index in [1.54, 1.807) is 72.8 Å². The fourth-order valence-corrected chi connectivity index (χ4v) is 5.42. The predicted molar refractivity (Wildman–Crippen MR) is 171 cm³/mol. The summed E-state index contributed by atoms with van der Waals surface area (Å²) in [5.41, 5.74) is 1.02. The second-order valence-corrected chi connectivity index (χ2v) is 11.0. The second-order valence-electron chi connectivity index (χ2n) is 9.75. The molecule has 0 fully saturated rings. The number of fused-ring (bicyclic) bond motifs is 1. The first-order valence-corrected chi connectivity index (χ1v) is 14.8. The molecule has 1 atom stereocenters. The molecule has 1 unspecified atom stereocenters. The molecule has 0 saturated carbocycles. The van der Waals surface area contributed by atoms with Crippen LogP contribution >= 0.6 is 11.8 Å². The maximum atomic E-state index is 13.5. The molecule has 0 radical (unpaired) electrons. The molecule has 3 amide bonds. The minimum Gasteiger partial charge on any atom is -0.454 e. The molecule has 0 aromatic heterocycles. The number of nitro groups is 1. The minimum absolute atomic E-state index is 0.135. The number of carbonyl (C=O) groups excluding carboxylic acids is 3. The molecular weight excluding hydrogens is 596 g/mol. The third-order valence-corrected chi connectivity index (χ3v) is 7.99. The summed E-state index contributed by atoms with van der Waals surface area (Å²) >= 11 is 1.33.